The third kappa shape index (κ3) is 4.15. The van der Waals surface area contributed by atoms with Gasteiger partial charge in [0.1, 0.15) is 9.77 Å². The number of hydrogen-bond donors (Lipinski definition) is 0. The van der Waals surface area contributed by atoms with Crippen molar-refractivity contribution in [1.29, 1.82) is 0 Å². The van der Waals surface area contributed by atoms with E-state index in [1.165, 1.54) is 15.3 Å². The zero-order valence-electron chi connectivity index (χ0n) is 16.8. The second kappa shape index (κ2) is 8.89. The van der Waals surface area contributed by atoms with Crippen LogP contribution in [0.5, 0.6) is 0 Å². The predicted octanol–water partition coefficient (Wildman–Crippen LogP) is 2.77. The molecule has 4 rings (SSSR count). The number of benzene rings is 1. The summed E-state index contributed by atoms with van der Waals surface area (Å²) in [6, 6.07) is 8.14. The Kier molecular flexibility index (Phi) is 6.22. The molecule has 1 aromatic carbocycles. The zero-order chi connectivity index (χ0) is 22.0. The number of amides is 2. The summed E-state index contributed by atoms with van der Waals surface area (Å²) < 4.78 is 32.2. The number of thiophene rings is 1. The first kappa shape index (κ1) is 21.7. The van der Waals surface area contributed by atoms with Gasteiger partial charge in [0.15, 0.2) is 0 Å². The van der Waals surface area contributed by atoms with Crippen LogP contribution >= 0.6 is 11.3 Å². The Balaban J connectivity index is 1.28. The highest BCUT2D eigenvalue weighted by molar-refractivity contribution is 7.89. The lowest BCUT2D eigenvalue weighted by Gasteiger charge is -2.15. The lowest BCUT2D eigenvalue weighted by molar-refractivity contribution is 0.0487. The smallest absolute Gasteiger partial charge is 0.349 e. The highest BCUT2D eigenvalue weighted by atomic mass is 32.2. The largest absolute Gasteiger partial charge is 0.461 e. The van der Waals surface area contributed by atoms with Gasteiger partial charge in [-0.3, -0.25) is 14.5 Å². The van der Waals surface area contributed by atoms with Crippen LogP contribution in [0.3, 0.4) is 0 Å². The molecule has 2 amide bonds. The summed E-state index contributed by atoms with van der Waals surface area (Å²) in [6.07, 6.45) is 2.55. The normalized spacial score (nSPS) is 16.7. The molecule has 0 spiro atoms. The number of unbranched alkanes of at least 4 members (excludes halogenated alkanes) is 1. The summed E-state index contributed by atoms with van der Waals surface area (Å²) in [5.41, 5.74) is 0.812. The minimum absolute atomic E-state index is 0.00424. The molecule has 0 aliphatic carbocycles. The summed E-state index contributed by atoms with van der Waals surface area (Å²) in [7, 11) is -3.69. The maximum absolute atomic E-state index is 12.8. The lowest BCUT2D eigenvalue weighted by atomic mass is 10.1. The molecular weight excluding hydrogens is 440 g/mol. The summed E-state index contributed by atoms with van der Waals surface area (Å²) in [5, 5.41) is 1.57. The van der Waals surface area contributed by atoms with Gasteiger partial charge >= 0.3 is 5.97 Å². The Morgan fingerprint density at radius 1 is 1.00 bits per heavy atom. The number of carbonyl (C=O) groups excluding carboxylic acids is 3. The first-order chi connectivity index (χ1) is 14.9. The molecule has 1 fully saturated rings. The van der Waals surface area contributed by atoms with Crippen molar-refractivity contribution >= 4 is 39.1 Å². The lowest BCUT2D eigenvalue weighted by Crippen LogP contribution is -2.30. The van der Waals surface area contributed by atoms with Crippen molar-refractivity contribution in [2.24, 2.45) is 0 Å². The van der Waals surface area contributed by atoms with Crippen molar-refractivity contribution in [3.05, 3.63) is 51.7 Å². The molecule has 31 heavy (non-hydrogen) atoms. The minimum atomic E-state index is -3.69. The van der Waals surface area contributed by atoms with Crippen LogP contribution in [0.15, 0.2) is 40.6 Å². The number of esters is 1. The summed E-state index contributed by atoms with van der Waals surface area (Å²) in [6.45, 7) is 1.23. The molecule has 8 nitrogen and oxygen atoms in total. The molecule has 2 aromatic rings. The van der Waals surface area contributed by atoms with E-state index in [9.17, 15) is 22.8 Å². The second-order valence-electron chi connectivity index (χ2n) is 7.38. The van der Waals surface area contributed by atoms with Crippen molar-refractivity contribution in [2.75, 3.05) is 26.2 Å². The highest BCUT2D eigenvalue weighted by Crippen LogP contribution is 2.28. The van der Waals surface area contributed by atoms with Crippen LogP contribution in [0.25, 0.3) is 0 Å². The molecule has 1 aromatic heterocycles. The Morgan fingerprint density at radius 2 is 1.65 bits per heavy atom. The molecule has 10 heteroatoms. The molecule has 1 saturated heterocycles. The highest BCUT2D eigenvalue weighted by Gasteiger charge is 2.35. The van der Waals surface area contributed by atoms with Crippen LogP contribution in [0.2, 0.25) is 0 Å². The van der Waals surface area contributed by atoms with Gasteiger partial charge in [0.2, 0.25) is 10.0 Å². The van der Waals surface area contributed by atoms with Crippen molar-refractivity contribution in [3.63, 3.8) is 0 Å². The Hall–Kier alpha value is -2.56. The number of hydrogen-bond acceptors (Lipinski definition) is 7. The van der Waals surface area contributed by atoms with E-state index in [0.717, 1.165) is 24.2 Å². The fourth-order valence-corrected chi connectivity index (χ4v) is 6.56. The average Bonchev–Trinajstić information content (AvgIpc) is 3.51. The minimum Gasteiger partial charge on any atom is -0.461 e. The van der Waals surface area contributed by atoms with Gasteiger partial charge in [-0.1, -0.05) is 12.1 Å². The van der Waals surface area contributed by atoms with E-state index in [-0.39, 0.29) is 34.7 Å². The summed E-state index contributed by atoms with van der Waals surface area (Å²) in [4.78, 5) is 38.4. The number of imide groups is 1. The van der Waals surface area contributed by atoms with Crippen molar-refractivity contribution < 1.29 is 27.5 Å². The van der Waals surface area contributed by atoms with Crippen LogP contribution < -0.4 is 0 Å². The van der Waals surface area contributed by atoms with Gasteiger partial charge in [-0.15, -0.1) is 11.3 Å². The Bertz CT molecular complexity index is 1080. The standard InChI is InChI=1S/C21H22N2O6S2/c24-19-15-7-1-2-8-16(15)20(25)23(19)12-5-6-13-29-21(26)18-17(9-14-30-18)31(27,28)22-10-3-4-11-22/h1-2,7-9,14H,3-6,10-13H2. The first-order valence-corrected chi connectivity index (χ1v) is 12.4. The first-order valence-electron chi connectivity index (χ1n) is 10.1. The van der Waals surface area contributed by atoms with E-state index in [1.54, 1.807) is 29.6 Å². The summed E-state index contributed by atoms with van der Waals surface area (Å²) in [5.74, 6) is -1.30. The van der Waals surface area contributed by atoms with Gasteiger partial charge in [0.05, 0.1) is 17.7 Å². The predicted molar refractivity (Wildman–Crippen MR) is 114 cm³/mol. The van der Waals surface area contributed by atoms with Gasteiger partial charge in [-0.05, 0) is 49.3 Å². The van der Waals surface area contributed by atoms with Gasteiger partial charge in [0, 0.05) is 19.6 Å². The fraction of sp³-hybridized carbons (Fsp3) is 0.381. The van der Waals surface area contributed by atoms with Crippen molar-refractivity contribution in [1.82, 2.24) is 9.21 Å². The molecule has 0 bridgehead atoms. The maximum Gasteiger partial charge on any atom is 0.349 e. The molecule has 0 unspecified atom stereocenters. The SMILES string of the molecule is O=C(OCCCCN1C(=O)c2ccccc2C1=O)c1sccc1S(=O)(=O)N1CCCC1. The number of nitrogens with zero attached hydrogens (tertiary/aromatic N) is 2. The van der Waals surface area contributed by atoms with Gasteiger partial charge in [0.25, 0.3) is 11.8 Å². The molecule has 0 radical (unpaired) electrons. The van der Waals surface area contributed by atoms with Crippen LogP contribution in [0.1, 0.15) is 56.1 Å². The van der Waals surface area contributed by atoms with Gasteiger partial charge in [-0.25, -0.2) is 13.2 Å². The average molecular weight is 463 g/mol. The molecule has 164 valence electrons. The third-order valence-corrected chi connectivity index (χ3v) is 8.35. The van der Waals surface area contributed by atoms with E-state index in [2.05, 4.69) is 0 Å². The van der Waals surface area contributed by atoms with Crippen molar-refractivity contribution in [2.45, 2.75) is 30.6 Å². The van der Waals surface area contributed by atoms with Crippen molar-refractivity contribution in [3.8, 4) is 0 Å². The van der Waals surface area contributed by atoms with Gasteiger partial charge in [-0.2, -0.15) is 4.31 Å². The molecule has 0 atom stereocenters. The number of carbonyl (C=O) groups is 3. The van der Waals surface area contributed by atoms with Crippen LogP contribution in [-0.4, -0.2) is 61.6 Å². The molecule has 3 heterocycles. The maximum atomic E-state index is 12.8. The van der Waals surface area contributed by atoms with Gasteiger partial charge < -0.3 is 4.74 Å². The van der Waals surface area contributed by atoms with E-state index >= 15 is 0 Å². The molecular formula is C21H22N2O6S2. The van der Waals surface area contributed by atoms with E-state index in [4.69, 9.17) is 4.74 Å². The zero-order valence-corrected chi connectivity index (χ0v) is 18.4. The van der Waals surface area contributed by atoms with Crippen LogP contribution in [0.4, 0.5) is 0 Å². The fourth-order valence-electron chi connectivity index (χ4n) is 3.76. The number of fused-ring (bicyclic) bond motifs is 1. The van der Waals surface area contributed by atoms with Crippen LogP contribution in [-0.2, 0) is 14.8 Å². The quantitative estimate of drug-likeness (QED) is 0.340. The number of ether oxygens (including phenoxy) is 1. The molecule has 0 saturated carbocycles. The van der Waals surface area contributed by atoms with E-state index < -0.39 is 16.0 Å². The molecule has 0 N–H and O–H groups in total. The second-order valence-corrected chi connectivity index (χ2v) is 10.2. The number of sulfonamides is 1. The molecule has 2 aliphatic rings. The van der Waals surface area contributed by atoms with E-state index in [1.807, 2.05) is 0 Å². The monoisotopic (exact) mass is 462 g/mol. The Labute approximate surface area is 184 Å². The third-order valence-electron chi connectivity index (χ3n) is 5.38. The molecule has 2 aliphatic heterocycles. The van der Waals surface area contributed by atoms with Crippen LogP contribution in [0, 0.1) is 0 Å². The van der Waals surface area contributed by atoms with E-state index in [0.29, 0.717) is 37.1 Å². The Morgan fingerprint density at radius 3 is 2.29 bits per heavy atom. The summed E-state index contributed by atoms with van der Waals surface area (Å²) >= 11 is 1.04. The number of rotatable bonds is 8. The topological polar surface area (TPSA) is 101 Å².